The lowest BCUT2D eigenvalue weighted by Gasteiger charge is -2.45. The quantitative estimate of drug-likeness (QED) is 0.204. The SMILES string of the molecule is C[C@H]1C([C@H](O)[C@H](O)CNC(=O)Cc2ccc(-c3ccc(O)cc3)cc2)O[C@@](OCc2ccccc2)(C(=O)O)C[C@H]1O. The van der Waals surface area contributed by atoms with Crippen LogP contribution in [-0.2, 0) is 32.1 Å². The first kappa shape index (κ1) is 30.2. The highest BCUT2D eigenvalue weighted by Crippen LogP contribution is 2.37. The molecule has 1 heterocycles. The van der Waals surface area contributed by atoms with E-state index in [9.17, 15) is 35.1 Å². The minimum absolute atomic E-state index is 0.0309. The van der Waals surface area contributed by atoms with Gasteiger partial charge in [-0.25, -0.2) is 4.79 Å². The smallest absolute Gasteiger partial charge is 0.364 e. The van der Waals surface area contributed by atoms with E-state index < -0.39 is 48.0 Å². The number of aliphatic carboxylic acids is 1. The van der Waals surface area contributed by atoms with Crippen LogP contribution < -0.4 is 5.32 Å². The molecule has 1 saturated heterocycles. The van der Waals surface area contributed by atoms with E-state index in [1.54, 1.807) is 73.7 Å². The van der Waals surface area contributed by atoms with Crippen molar-refractivity contribution in [2.24, 2.45) is 5.92 Å². The maximum atomic E-state index is 12.5. The molecule has 1 amide bonds. The van der Waals surface area contributed by atoms with Gasteiger partial charge in [0.2, 0.25) is 5.91 Å². The topological polar surface area (TPSA) is 166 Å². The number of aliphatic hydroxyl groups excluding tert-OH is 3. The third-order valence-corrected chi connectivity index (χ3v) is 7.33. The number of benzene rings is 3. The van der Waals surface area contributed by atoms with Crippen LogP contribution in [0.5, 0.6) is 5.75 Å². The van der Waals surface area contributed by atoms with Gasteiger partial charge in [0.05, 0.1) is 31.3 Å². The number of nitrogens with one attached hydrogen (secondary N) is 1. The zero-order valence-corrected chi connectivity index (χ0v) is 22.6. The van der Waals surface area contributed by atoms with Crippen LogP contribution in [0.1, 0.15) is 24.5 Å². The van der Waals surface area contributed by atoms with Gasteiger partial charge in [-0.1, -0.05) is 73.7 Å². The van der Waals surface area contributed by atoms with Gasteiger partial charge in [0.25, 0.3) is 5.79 Å². The average molecular weight is 566 g/mol. The van der Waals surface area contributed by atoms with Gasteiger partial charge in [-0.15, -0.1) is 0 Å². The normalized spacial score (nSPS) is 23.9. The standard InChI is InChI=1S/C31H35NO9/c1-19-25(34)16-31(30(38)39,40-18-21-5-3-2-4-6-21)41-29(19)28(37)26(35)17-32-27(36)15-20-7-9-22(10-8-20)23-11-13-24(33)14-12-23/h2-14,19,25-26,28-29,33-35,37H,15-18H2,1H3,(H,32,36)(H,38,39)/t19-,25-,26-,28-,29?,31-/m1/s1. The van der Waals surface area contributed by atoms with Gasteiger partial charge in [0, 0.05) is 18.9 Å². The summed E-state index contributed by atoms with van der Waals surface area (Å²) >= 11 is 0. The summed E-state index contributed by atoms with van der Waals surface area (Å²) in [7, 11) is 0. The predicted molar refractivity (Wildman–Crippen MR) is 149 cm³/mol. The van der Waals surface area contributed by atoms with Gasteiger partial charge in [-0.05, 0) is 34.4 Å². The molecule has 0 aromatic heterocycles. The number of ether oxygens (including phenoxy) is 2. The number of hydrogen-bond acceptors (Lipinski definition) is 8. The molecule has 10 nitrogen and oxygen atoms in total. The number of phenolic OH excluding ortho intramolecular Hbond substituents is 1. The molecule has 0 radical (unpaired) electrons. The molecule has 6 atom stereocenters. The number of phenols is 1. The first-order chi connectivity index (χ1) is 19.6. The molecule has 0 saturated carbocycles. The molecule has 3 aromatic rings. The Balaban J connectivity index is 1.34. The second-order valence-electron chi connectivity index (χ2n) is 10.3. The van der Waals surface area contributed by atoms with Crippen molar-refractivity contribution in [3.8, 4) is 16.9 Å². The predicted octanol–water partition coefficient (Wildman–Crippen LogP) is 2.22. The fourth-order valence-electron chi connectivity index (χ4n) is 4.78. The molecule has 1 aliphatic heterocycles. The maximum absolute atomic E-state index is 12.5. The van der Waals surface area contributed by atoms with Crippen LogP contribution in [0.3, 0.4) is 0 Å². The van der Waals surface area contributed by atoms with E-state index in [-0.39, 0.29) is 31.7 Å². The van der Waals surface area contributed by atoms with E-state index in [0.29, 0.717) is 5.56 Å². The molecule has 1 unspecified atom stereocenters. The number of amides is 1. The number of carbonyl (C=O) groups is 2. The maximum Gasteiger partial charge on any atom is 0.364 e. The van der Waals surface area contributed by atoms with Gasteiger partial charge in [-0.2, -0.15) is 0 Å². The Labute approximate surface area is 237 Å². The second kappa shape index (κ2) is 13.2. The zero-order valence-electron chi connectivity index (χ0n) is 22.6. The van der Waals surface area contributed by atoms with E-state index in [1.165, 1.54) is 0 Å². The lowest BCUT2D eigenvalue weighted by molar-refractivity contribution is -0.320. The first-order valence-corrected chi connectivity index (χ1v) is 13.4. The van der Waals surface area contributed by atoms with Crippen LogP contribution in [0.2, 0.25) is 0 Å². The van der Waals surface area contributed by atoms with Crippen LogP contribution in [0, 0.1) is 5.92 Å². The van der Waals surface area contributed by atoms with Crippen molar-refractivity contribution in [1.29, 1.82) is 0 Å². The van der Waals surface area contributed by atoms with Crippen LogP contribution in [0.4, 0.5) is 0 Å². The molecule has 1 fully saturated rings. The van der Waals surface area contributed by atoms with Crippen molar-refractivity contribution in [2.75, 3.05) is 6.54 Å². The van der Waals surface area contributed by atoms with E-state index >= 15 is 0 Å². The summed E-state index contributed by atoms with van der Waals surface area (Å²) in [6, 6.07) is 22.9. The van der Waals surface area contributed by atoms with Gasteiger partial charge < -0.3 is 40.3 Å². The summed E-state index contributed by atoms with van der Waals surface area (Å²) in [5.74, 6) is -4.64. The summed E-state index contributed by atoms with van der Waals surface area (Å²) < 4.78 is 11.4. The third-order valence-electron chi connectivity index (χ3n) is 7.33. The number of aliphatic hydroxyl groups is 3. The fraction of sp³-hybridized carbons (Fsp3) is 0.355. The van der Waals surface area contributed by atoms with Crippen LogP contribution >= 0.6 is 0 Å². The Morgan fingerprint density at radius 2 is 1.59 bits per heavy atom. The summed E-state index contributed by atoms with van der Waals surface area (Å²) in [6.45, 7) is 1.15. The number of aromatic hydroxyl groups is 1. The summed E-state index contributed by atoms with van der Waals surface area (Å²) in [5, 5.41) is 54.2. The minimum atomic E-state index is -2.23. The number of carboxylic acids is 1. The van der Waals surface area contributed by atoms with Crippen LogP contribution in [0.15, 0.2) is 78.9 Å². The Bertz CT molecular complexity index is 1300. The molecule has 4 rings (SSSR count). The van der Waals surface area contributed by atoms with Crippen molar-refractivity contribution in [1.82, 2.24) is 5.32 Å². The first-order valence-electron chi connectivity index (χ1n) is 13.4. The lowest BCUT2D eigenvalue weighted by atomic mass is 9.84. The van der Waals surface area contributed by atoms with Gasteiger partial charge in [0.1, 0.15) is 11.9 Å². The molecule has 1 aliphatic rings. The highest BCUT2D eigenvalue weighted by atomic mass is 16.7. The molecule has 3 aromatic carbocycles. The number of rotatable bonds is 11. The Hall–Kier alpha value is -3.80. The highest BCUT2D eigenvalue weighted by molar-refractivity contribution is 5.79. The monoisotopic (exact) mass is 565 g/mol. The molecule has 218 valence electrons. The highest BCUT2D eigenvalue weighted by Gasteiger charge is 2.54. The lowest BCUT2D eigenvalue weighted by Crippen LogP contribution is -2.61. The van der Waals surface area contributed by atoms with Crippen molar-refractivity contribution in [3.63, 3.8) is 0 Å². The minimum Gasteiger partial charge on any atom is -0.508 e. The van der Waals surface area contributed by atoms with Gasteiger partial charge >= 0.3 is 5.97 Å². The molecule has 41 heavy (non-hydrogen) atoms. The molecule has 10 heteroatoms. The van der Waals surface area contributed by atoms with E-state index in [1.807, 2.05) is 12.1 Å². The summed E-state index contributed by atoms with van der Waals surface area (Å²) in [5.41, 5.74) is 3.26. The van der Waals surface area contributed by atoms with E-state index in [0.717, 1.165) is 16.7 Å². The molecule has 0 spiro atoms. The Morgan fingerprint density at radius 1 is 0.976 bits per heavy atom. The molecule has 0 aliphatic carbocycles. The second-order valence-corrected chi connectivity index (χ2v) is 10.3. The van der Waals surface area contributed by atoms with Crippen LogP contribution in [-0.4, -0.2) is 74.2 Å². The van der Waals surface area contributed by atoms with Crippen LogP contribution in [0.25, 0.3) is 11.1 Å². The molecule has 0 bridgehead atoms. The van der Waals surface area contributed by atoms with Gasteiger partial charge in [-0.3, -0.25) is 4.79 Å². The van der Waals surface area contributed by atoms with E-state index in [4.69, 9.17) is 9.47 Å². The Kier molecular flexibility index (Phi) is 9.74. The molecule has 6 N–H and O–H groups in total. The Morgan fingerprint density at radius 3 is 2.20 bits per heavy atom. The molecular formula is C31H35NO9. The molecular weight excluding hydrogens is 530 g/mol. The fourth-order valence-corrected chi connectivity index (χ4v) is 4.78. The van der Waals surface area contributed by atoms with Crippen molar-refractivity contribution < 1.29 is 44.6 Å². The van der Waals surface area contributed by atoms with E-state index in [2.05, 4.69) is 5.32 Å². The number of carbonyl (C=O) groups excluding carboxylic acids is 1. The van der Waals surface area contributed by atoms with Crippen molar-refractivity contribution in [3.05, 3.63) is 90.0 Å². The summed E-state index contributed by atoms with van der Waals surface area (Å²) in [6.07, 6.45) is -5.94. The summed E-state index contributed by atoms with van der Waals surface area (Å²) in [4.78, 5) is 24.8. The number of carboxylic acid groups (broad SMARTS) is 1. The average Bonchev–Trinajstić information content (AvgIpc) is 2.97. The largest absolute Gasteiger partial charge is 0.508 e. The third kappa shape index (κ3) is 7.49. The van der Waals surface area contributed by atoms with Gasteiger partial charge in [0.15, 0.2) is 0 Å². The van der Waals surface area contributed by atoms with Crippen molar-refractivity contribution in [2.45, 2.75) is 56.6 Å². The van der Waals surface area contributed by atoms with Crippen molar-refractivity contribution >= 4 is 11.9 Å². The zero-order chi connectivity index (χ0) is 29.6. The number of hydrogen-bond donors (Lipinski definition) is 6.